The highest BCUT2D eigenvalue weighted by Gasteiger charge is 2.26. The molecule has 1 atom stereocenters. The second-order valence-corrected chi connectivity index (χ2v) is 6.22. The van der Waals surface area contributed by atoms with Gasteiger partial charge in [0.2, 0.25) is 5.91 Å². The summed E-state index contributed by atoms with van der Waals surface area (Å²) in [4.78, 5) is 16.5. The van der Waals surface area contributed by atoms with Crippen molar-refractivity contribution in [1.82, 2.24) is 4.90 Å². The summed E-state index contributed by atoms with van der Waals surface area (Å²) in [6.07, 6.45) is 0.742. The van der Waals surface area contributed by atoms with Gasteiger partial charge < -0.3 is 20.3 Å². The lowest BCUT2D eigenvalue weighted by Crippen LogP contribution is -2.53. The molecule has 1 saturated heterocycles. The summed E-state index contributed by atoms with van der Waals surface area (Å²) >= 11 is 0. The summed E-state index contributed by atoms with van der Waals surface area (Å²) in [6.45, 7) is 7.21. The molecule has 1 aromatic carbocycles. The number of para-hydroxylation sites is 2. The van der Waals surface area contributed by atoms with Crippen molar-refractivity contribution in [1.29, 1.82) is 0 Å². The zero-order chi connectivity index (χ0) is 16.1. The van der Waals surface area contributed by atoms with Crippen molar-refractivity contribution in [3.8, 4) is 5.75 Å². The third-order valence-electron chi connectivity index (χ3n) is 4.06. The van der Waals surface area contributed by atoms with E-state index in [-0.39, 0.29) is 11.9 Å². The Morgan fingerprint density at radius 1 is 1.23 bits per heavy atom. The summed E-state index contributed by atoms with van der Waals surface area (Å²) in [5.41, 5.74) is 7.10. The van der Waals surface area contributed by atoms with Crippen molar-refractivity contribution in [2.24, 2.45) is 11.7 Å². The Kier molecular flexibility index (Phi) is 5.66. The molecule has 1 aromatic rings. The van der Waals surface area contributed by atoms with E-state index in [1.54, 1.807) is 7.11 Å². The molecule has 5 nitrogen and oxygen atoms in total. The van der Waals surface area contributed by atoms with E-state index in [0.29, 0.717) is 19.0 Å². The molecule has 1 heterocycles. The molecule has 0 unspecified atom stereocenters. The van der Waals surface area contributed by atoms with Crippen LogP contribution in [0.2, 0.25) is 0 Å². The number of amides is 1. The third-order valence-corrected chi connectivity index (χ3v) is 4.06. The molecule has 0 radical (unpaired) electrons. The number of rotatable bonds is 5. The summed E-state index contributed by atoms with van der Waals surface area (Å²) in [7, 11) is 1.68. The van der Waals surface area contributed by atoms with Crippen LogP contribution in [0.4, 0.5) is 5.69 Å². The highest BCUT2D eigenvalue weighted by atomic mass is 16.5. The Labute approximate surface area is 133 Å². The number of methoxy groups -OCH3 is 1. The van der Waals surface area contributed by atoms with Crippen LogP contribution in [0.25, 0.3) is 0 Å². The van der Waals surface area contributed by atoms with Gasteiger partial charge in [-0.15, -0.1) is 0 Å². The number of carbonyl (C=O) groups is 1. The SMILES string of the molecule is COc1ccccc1N1CCN(C(=O)[C@@H](N)CC(C)C)CC1. The van der Waals surface area contributed by atoms with E-state index in [1.807, 2.05) is 23.1 Å². The third kappa shape index (κ3) is 3.91. The van der Waals surface area contributed by atoms with Crippen molar-refractivity contribution < 1.29 is 9.53 Å². The second kappa shape index (κ2) is 7.49. The molecule has 1 aliphatic rings. The molecule has 0 saturated carbocycles. The van der Waals surface area contributed by atoms with E-state index < -0.39 is 0 Å². The topological polar surface area (TPSA) is 58.8 Å². The minimum atomic E-state index is -0.377. The predicted octanol–water partition coefficient (Wildman–Crippen LogP) is 1.72. The van der Waals surface area contributed by atoms with Crippen LogP contribution in [-0.4, -0.2) is 50.1 Å². The molecule has 122 valence electrons. The van der Waals surface area contributed by atoms with Gasteiger partial charge in [-0.05, 0) is 24.5 Å². The largest absolute Gasteiger partial charge is 0.495 e. The minimum absolute atomic E-state index is 0.0772. The number of anilines is 1. The quantitative estimate of drug-likeness (QED) is 0.900. The summed E-state index contributed by atoms with van der Waals surface area (Å²) in [5.74, 6) is 1.39. The van der Waals surface area contributed by atoms with Gasteiger partial charge in [0, 0.05) is 26.2 Å². The highest BCUT2D eigenvalue weighted by molar-refractivity contribution is 5.82. The molecule has 5 heteroatoms. The van der Waals surface area contributed by atoms with Crippen molar-refractivity contribution in [2.45, 2.75) is 26.3 Å². The van der Waals surface area contributed by atoms with E-state index in [9.17, 15) is 4.79 Å². The Hall–Kier alpha value is -1.75. The van der Waals surface area contributed by atoms with Gasteiger partial charge in [0.15, 0.2) is 0 Å². The van der Waals surface area contributed by atoms with Crippen molar-refractivity contribution in [3.05, 3.63) is 24.3 Å². The maximum atomic E-state index is 12.4. The van der Waals surface area contributed by atoms with Gasteiger partial charge in [-0.1, -0.05) is 26.0 Å². The first-order valence-corrected chi connectivity index (χ1v) is 7.95. The van der Waals surface area contributed by atoms with Crippen LogP contribution in [0.15, 0.2) is 24.3 Å². The zero-order valence-corrected chi connectivity index (χ0v) is 13.8. The first-order valence-electron chi connectivity index (χ1n) is 7.95. The Balaban J connectivity index is 1.94. The lowest BCUT2D eigenvalue weighted by atomic mass is 10.0. The van der Waals surface area contributed by atoms with Gasteiger partial charge in [-0.25, -0.2) is 0 Å². The van der Waals surface area contributed by atoms with E-state index in [2.05, 4.69) is 24.8 Å². The molecule has 0 aliphatic carbocycles. The summed E-state index contributed by atoms with van der Waals surface area (Å²) in [5, 5.41) is 0. The maximum absolute atomic E-state index is 12.4. The molecule has 1 fully saturated rings. The smallest absolute Gasteiger partial charge is 0.239 e. The first kappa shape index (κ1) is 16.6. The van der Waals surface area contributed by atoms with Crippen LogP contribution < -0.4 is 15.4 Å². The molecule has 0 spiro atoms. The van der Waals surface area contributed by atoms with Gasteiger partial charge in [-0.2, -0.15) is 0 Å². The maximum Gasteiger partial charge on any atom is 0.239 e. The molecule has 0 bridgehead atoms. The fourth-order valence-electron chi connectivity index (χ4n) is 2.90. The number of benzene rings is 1. The van der Waals surface area contributed by atoms with Crippen LogP contribution in [0.1, 0.15) is 20.3 Å². The summed E-state index contributed by atoms with van der Waals surface area (Å²) < 4.78 is 5.41. The number of nitrogens with zero attached hydrogens (tertiary/aromatic N) is 2. The fourth-order valence-corrected chi connectivity index (χ4v) is 2.90. The standard InChI is InChI=1S/C17H27N3O2/c1-13(2)12-14(18)17(21)20-10-8-19(9-11-20)15-6-4-5-7-16(15)22-3/h4-7,13-14H,8-12,18H2,1-3H3/t14-/m0/s1. The van der Waals surface area contributed by atoms with Gasteiger partial charge in [0.1, 0.15) is 5.75 Å². The van der Waals surface area contributed by atoms with Gasteiger partial charge in [0.05, 0.1) is 18.8 Å². The minimum Gasteiger partial charge on any atom is -0.495 e. The number of nitrogens with two attached hydrogens (primary N) is 1. The Morgan fingerprint density at radius 2 is 1.86 bits per heavy atom. The van der Waals surface area contributed by atoms with Crippen LogP contribution in [0.5, 0.6) is 5.75 Å². The van der Waals surface area contributed by atoms with E-state index >= 15 is 0 Å². The van der Waals surface area contributed by atoms with Gasteiger partial charge >= 0.3 is 0 Å². The number of carbonyl (C=O) groups excluding carboxylic acids is 1. The van der Waals surface area contributed by atoms with Crippen molar-refractivity contribution in [2.75, 3.05) is 38.2 Å². The zero-order valence-electron chi connectivity index (χ0n) is 13.8. The van der Waals surface area contributed by atoms with Crippen LogP contribution >= 0.6 is 0 Å². The fraction of sp³-hybridized carbons (Fsp3) is 0.588. The van der Waals surface area contributed by atoms with Gasteiger partial charge in [-0.3, -0.25) is 4.79 Å². The van der Waals surface area contributed by atoms with E-state index in [4.69, 9.17) is 10.5 Å². The average molecular weight is 305 g/mol. The lowest BCUT2D eigenvalue weighted by Gasteiger charge is -2.37. The second-order valence-electron chi connectivity index (χ2n) is 6.22. The van der Waals surface area contributed by atoms with Gasteiger partial charge in [0.25, 0.3) is 0 Å². The predicted molar refractivity (Wildman–Crippen MR) is 89.2 cm³/mol. The number of ether oxygens (including phenoxy) is 1. The van der Waals surface area contributed by atoms with E-state index in [1.165, 1.54) is 0 Å². The molecular formula is C17H27N3O2. The molecule has 0 aromatic heterocycles. The average Bonchev–Trinajstić information content (AvgIpc) is 2.53. The Morgan fingerprint density at radius 3 is 2.45 bits per heavy atom. The molecule has 2 rings (SSSR count). The van der Waals surface area contributed by atoms with Crippen LogP contribution in [0.3, 0.4) is 0 Å². The normalized spacial score (nSPS) is 16.8. The molecular weight excluding hydrogens is 278 g/mol. The van der Waals surface area contributed by atoms with Crippen molar-refractivity contribution in [3.63, 3.8) is 0 Å². The molecule has 1 aliphatic heterocycles. The van der Waals surface area contributed by atoms with Crippen molar-refractivity contribution >= 4 is 11.6 Å². The van der Waals surface area contributed by atoms with Crippen LogP contribution in [0, 0.1) is 5.92 Å². The van der Waals surface area contributed by atoms with Crippen LogP contribution in [-0.2, 0) is 4.79 Å². The summed E-state index contributed by atoms with van der Waals surface area (Å²) in [6, 6.07) is 7.62. The number of piperazine rings is 1. The molecule has 2 N–H and O–H groups in total. The molecule has 22 heavy (non-hydrogen) atoms. The van der Waals surface area contributed by atoms with E-state index in [0.717, 1.165) is 30.9 Å². The highest BCUT2D eigenvalue weighted by Crippen LogP contribution is 2.28. The molecule has 1 amide bonds. The Bertz CT molecular complexity index is 496. The lowest BCUT2D eigenvalue weighted by molar-refractivity contribution is -0.133. The number of hydrogen-bond acceptors (Lipinski definition) is 4. The number of hydrogen-bond donors (Lipinski definition) is 1. The first-order chi connectivity index (χ1) is 10.5. The monoisotopic (exact) mass is 305 g/mol.